The van der Waals surface area contributed by atoms with Gasteiger partial charge in [0.1, 0.15) is 22.5 Å². The fourth-order valence-corrected chi connectivity index (χ4v) is 3.77. The molecular formula is C27H23N3O2. The van der Waals surface area contributed by atoms with Crippen molar-refractivity contribution in [3.05, 3.63) is 78.4 Å². The Bertz CT molecular complexity index is 1380. The molecule has 0 spiro atoms. The lowest BCUT2D eigenvalue weighted by Gasteiger charge is -2.21. The van der Waals surface area contributed by atoms with Gasteiger partial charge in [0.15, 0.2) is 0 Å². The highest BCUT2D eigenvalue weighted by atomic mass is 16.3. The van der Waals surface area contributed by atoms with Crippen LogP contribution in [0.3, 0.4) is 0 Å². The Balaban J connectivity index is 1.72. The van der Waals surface area contributed by atoms with Crippen molar-refractivity contribution in [2.75, 3.05) is 0 Å². The normalized spacial score (nSPS) is 11.8. The predicted octanol–water partition coefficient (Wildman–Crippen LogP) is 6.22. The van der Waals surface area contributed by atoms with Gasteiger partial charge in [0, 0.05) is 10.8 Å². The molecule has 2 N–H and O–H groups in total. The molecule has 5 rings (SSSR count). The van der Waals surface area contributed by atoms with Gasteiger partial charge in [-0.3, -0.25) is 0 Å². The zero-order chi connectivity index (χ0) is 22.5. The lowest BCUT2D eigenvalue weighted by Crippen LogP contribution is -2.12. The van der Waals surface area contributed by atoms with Gasteiger partial charge in [-0.2, -0.15) is 0 Å². The summed E-state index contributed by atoms with van der Waals surface area (Å²) in [4.78, 5) is 14.3. The minimum absolute atomic E-state index is 0.121. The van der Waals surface area contributed by atoms with Crippen LogP contribution in [-0.4, -0.2) is 25.2 Å². The molecule has 0 amide bonds. The molecule has 0 fully saturated rings. The molecule has 0 atom stereocenters. The lowest BCUT2D eigenvalue weighted by atomic mass is 9.86. The number of hydrogen-bond acceptors (Lipinski definition) is 5. The van der Waals surface area contributed by atoms with Crippen molar-refractivity contribution < 1.29 is 10.2 Å². The zero-order valence-electron chi connectivity index (χ0n) is 18.2. The van der Waals surface area contributed by atoms with Crippen LogP contribution in [0.4, 0.5) is 0 Å². The van der Waals surface area contributed by atoms with Gasteiger partial charge < -0.3 is 10.2 Å². The molecule has 3 aromatic heterocycles. The Kier molecular flexibility index (Phi) is 4.55. The summed E-state index contributed by atoms with van der Waals surface area (Å²) in [5.41, 5.74) is 4.82. The van der Waals surface area contributed by atoms with E-state index in [4.69, 9.17) is 15.0 Å². The first-order chi connectivity index (χ1) is 15.3. The molecule has 5 nitrogen and oxygen atoms in total. The third-order valence-electron chi connectivity index (χ3n) is 5.61. The van der Waals surface area contributed by atoms with Crippen LogP contribution in [0.15, 0.2) is 72.8 Å². The van der Waals surface area contributed by atoms with Gasteiger partial charge in [-0.1, -0.05) is 57.2 Å². The Morgan fingerprint density at radius 2 is 1.03 bits per heavy atom. The summed E-state index contributed by atoms with van der Waals surface area (Å²) in [6.45, 7) is 6.44. The highest BCUT2D eigenvalue weighted by Gasteiger charge is 2.19. The third kappa shape index (κ3) is 3.52. The summed E-state index contributed by atoms with van der Waals surface area (Å²) in [7, 11) is 0. The predicted molar refractivity (Wildman–Crippen MR) is 128 cm³/mol. The Labute approximate surface area is 186 Å². The number of fused-ring (bicyclic) bond motifs is 2. The number of pyridine rings is 3. The van der Waals surface area contributed by atoms with Crippen LogP contribution in [-0.2, 0) is 5.41 Å². The second-order valence-electron chi connectivity index (χ2n) is 8.97. The smallest absolute Gasteiger partial charge is 0.141 e. The van der Waals surface area contributed by atoms with Gasteiger partial charge in [0.05, 0.1) is 22.8 Å². The van der Waals surface area contributed by atoms with E-state index in [0.717, 1.165) is 16.3 Å². The Morgan fingerprint density at radius 3 is 1.47 bits per heavy atom. The number of rotatable bonds is 2. The first-order valence-electron chi connectivity index (χ1n) is 10.5. The molecule has 3 heterocycles. The van der Waals surface area contributed by atoms with E-state index in [1.165, 1.54) is 0 Å². The van der Waals surface area contributed by atoms with Gasteiger partial charge in [0.2, 0.25) is 0 Å². The third-order valence-corrected chi connectivity index (χ3v) is 5.61. The van der Waals surface area contributed by atoms with Crippen molar-refractivity contribution in [2.45, 2.75) is 26.2 Å². The second kappa shape index (κ2) is 7.31. The first kappa shape index (κ1) is 19.9. The molecule has 5 aromatic rings. The van der Waals surface area contributed by atoms with Gasteiger partial charge in [0.25, 0.3) is 0 Å². The van der Waals surface area contributed by atoms with E-state index in [1.54, 1.807) is 24.3 Å². The highest BCUT2D eigenvalue weighted by Crippen LogP contribution is 2.33. The SMILES string of the molecule is CC(C)(C)c1cc(-c2ccc3cccc(O)c3n2)nc(-c2ccc3cccc(O)c3n2)c1. The number of aromatic hydroxyl groups is 2. The van der Waals surface area contributed by atoms with E-state index in [-0.39, 0.29) is 16.9 Å². The van der Waals surface area contributed by atoms with Crippen molar-refractivity contribution in [1.82, 2.24) is 15.0 Å². The summed E-state index contributed by atoms with van der Waals surface area (Å²) >= 11 is 0. The summed E-state index contributed by atoms with van der Waals surface area (Å²) < 4.78 is 0. The van der Waals surface area contributed by atoms with Crippen LogP contribution in [0.1, 0.15) is 26.3 Å². The molecule has 158 valence electrons. The zero-order valence-corrected chi connectivity index (χ0v) is 18.2. The standard InChI is InChI=1S/C27H23N3O2/c1-27(2,3)18-14-21(19-12-10-16-6-4-8-23(31)25(16)29-19)28-22(15-18)20-13-11-17-7-5-9-24(32)26(17)30-20/h4-15,31-32H,1-3H3. The number of benzene rings is 2. The van der Waals surface area contributed by atoms with Gasteiger partial charge in [-0.05, 0) is 47.4 Å². The molecule has 5 heteroatoms. The highest BCUT2D eigenvalue weighted by molar-refractivity contribution is 5.87. The maximum atomic E-state index is 10.3. The summed E-state index contributed by atoms with van der Waals surface area (Å²) in [6.07, 6.45) is 0. The molecule has 0 bridgehead atoms. The van der Waals surface area contributed by atoms with Crippen molar-refractivity contribution in [1.29, 1.82) is 0 Å². The van der Waals surface area contributed by atoms with Crippen molar-refractivity contribution >= 4 is 21.8 Å². The fraction of sp³-hybridized carbons (Fsp3) is 0.148. The van der Waals surface area contributed by atoms with Crippen molar-refractivity contribution in [2.24, 2.45) is 0 Å². The van der Waals surface area contributed by atoms with E-state index in [0.29, 0.717) is 33.8 Å². The molecule has 0 aliphatic heterocycles. The molecule has 0 saturated carbocycles. The fourth-order valence-electron chi connectivity index (χ4n) is 3.77. The van der Waals surface area contributed by atoms with Crippen LogP contribution < -0.4 is 0 Å². The maximum absolute atomic E-state index is 10.3. The lowest BCUT2D eigenvalue weighted by molar-refractivity contribution is 0.480. The van der Waals surface area contributed by atoms with Crippen LogP contribution in [0.5, 0.6) is 11.5 Å². The quantitative estimate of drug-likeness (QED) is 0.354. The number of para-hydroxylation sites is 2. The van der Waals surface area contributed by atoms with Gasteiger partial charge >= 0.3 is 0 Å². The van der Waals surface area contributed by atoms with Gasteiger partial charge in [-0.25, -0.2) is 15.0 Å². The van der Waals surface area contributed by atoms with Crippen LogP contribution >= 0.6 is 0 Å². The van der Waals surface area contributed by atoms with Crippen molar-refractivity contribution in [3.63, 3.8) is 0 Å². The number of aromatic nitrogens is 3. The largest absolute Gasteiger partial charge is 0.506 e. The van der Waals surface area contributed by atoms with E-state index in [1.807, 2.05) is 48.5 Å². The van der Waals surface area contributed by atoms with Crippen molar-refractivity contribution in [3.8, 4) is 34.3 Å². The number of hydrogen-bond donors (Lipinski definition) is 2. The van der Waals surface area contributed by atoms with E-state index < -0.39 is 0 Å². The minimum Gasteiger partial charge on any atom is -0.506 e. The second-order valence-corrected chi connectivity index (χ2v) is 8.97. The molecule has 0 aliphatic carbocycles. The molecule has 0 unspecified atom stereocenters. The van der Waals surface area contributed by atoms with Crippen LogP contribution in [0.25, 0.3) is 44.6 Å². The molecule has 0 saturated heterocycles. The summed E-state index contributed by atoms with van der Waals surface area (Å²) in [5.74, 6) is 0.284. The van der Waals surface area contributed by atoms with Gasteiger partial charge in [-0.15, -0.1) is 0 Å². The molecular weight excluding hydrogens is 398 g/mol. The van der Waals surface area contributed by atoms with Crippen LogP contribution in [0, 0.1) is 0 Å². The summed E-state index contributed by atoms with van der Waals surface area (Å²) in [5, 5.41) is 22.3. The molecule has 0 radical (unpaired) electrons. The monoisotopic (exact) mass is 421 g/mol. The number of nitrogens with zero attached hydrogens (tertiary/aromatic N) is 3. The van der Waals surface area contributed by atoms with E-state index in [2.05, 4.69) is 20.8 Å². The Morgan fingerprint density at radius 1 is 0.562 bits per heavy atom. The summed E-state index contributed by atoms with van der Waals surface area (Å²) in [6, 6.07) is 22.5. The average molecular weight is 422 g/mol. The minimum atomic E-state index is -0.121. The molecule has 2 aromatic carbocycles. The number of phenolic OH excluding ortho intramolecular Hbond substituents is 2. The molecule has 0 aliphatic rings. The van der Waals surface area contributed by atoms with E-state index in [9.17, 15) is 10.2 Å². The Hall–Kier alpha value is -3.99. The maximum Gasteiger partial charge on any atom is 0.141 e. The molecule has 32 heavy (non-hydrogen) atoms. The number of phenols is 2. The first-order valence-corrected chi connectivity index (χ1v) is 10.5. The van der Waals surface area contributed by atoms with Crippen LogP contribution in [0.2, 0.25) is 0 Å². The topological polar surface area (TPSA) is 79.1 Å². The van der Waals surface area contributed by atoms with E-state index >= 15 is 0 Å². The average Bonchev–Trinajstić information content (AvgIpc) is 2.78.